The largest absolute Gasteiger partial charge is 0.462 e. The Balaban J connectivity index is 4.50. The summed E-state index contributed by atoms with van der Waals surface area (Å²) in [6.45, 7) is 6.32. The molecule has 0 aliphatic rings. The molecule has 0 aliphatic carbocycles. The van der Waals surface area contributed by atoms with Crippen LogP contribution >= 0.6 is 0 Å². The zero-order valence-electron chi connectivity index (χ0n) is 38.0. The van der Waals surface area contributed by atoms with E-state index in [2.05, 4.69) is 62.5 Å². The number of rotatable bonds is 44. The van der Waals surface area contributed by atoms with Crippen molar-refractivity contribution in [1.29, 1.82) is 0 Å². The average molecular weight is 802 g/mol. The van der Waals surface area contributed by atoms with Crippen molar-refractivity contribution in [2.75, 3.05) is 6.61 Å². The van der Waals surface area contributed by atoms with Gasteiger partial charge in [-0.05, 0) is 70.6 Å². The molecule has 0 saturated heterocycles. The van der Waals surface area contributed by atoms with Crippen LogP contribution in [0.4, 0.5) is 0 Å². The Kier molecular flexibility index (Phi) is 43.6. The fourth-order valence-electron chi connectivity index (χ4n) is 7.47. The molecule has 3 N–H and O–H groups in total. The molecule has 0 aromatic carbocycles. The second-order valence-electron chi connectivity index (χ2n) is 16.8. The van der Waals surface area contributed by atoms with Crippen molar-refractivity contribution in [1.82, 2.24) is 5.32 Å². The van der Waals surface area contributed by atoms with Crippen molar-refractivity contribution in [2.45, 2.75) is 270 Å². The average Bonchev–Trinajstić information content (AvgIpc) is 3.20. The van der Waals surface area contributed by atoms with Crippen molar-refractivity contribution in [2.24, 2.45) is 0 Å². The topological polar surface area (TPSA) is 95.9 Å². The first kappa shape index (κ1) is 55.1. The first-order chi connectivity index (χ1) is 28.0. The van der Waals surface area contributed by atoms with E-state index in [1.165, 1.54) is 122 Å². The van der Waals surface area contributed by atoms with Crippen LogP contribution in [-0.2, 0) is 14.3 Å². The third-order valence-electron chi connectivity index (χ3n) is 11.2. The van der Waals surface area contributed by atoms with Crippen molar-refractivity contribution in [3.8, 4) is 0 Å². The SMILES string of the molecule is CC/C=C/C/C=C/CCCCCCCC(CC(=O)NC(CO)C(O)CCCCCCCCCCCCCCCCCC)OC(=O)CCCCCCC/C=C\CCC. The predicted octanol–water partition coefficient (Wildman–Crippen LogP) is 14.5. The van der Waals surface area contributed by atoms with E-state index in [-0.39, 0.29) is 24.9 Å². The van der Waals surface area contributed by atoms with Crippen LogP contribution in [0, 0.1) is 0 Å². The molecule has 1 amide bonds. The molecular formula is C51H95NO5. The third-order valence-corrected chi connectivity index (χ3v) is 11.2. The summed E-state index contributed by atoms with van der Waals surface area (Å²) in [6.07, 6.45) is 52.1. The lowest BCUT2D eigenvalue weighted by Gasteiger charge is -2.24. The van der Waals surface area contributed by atoms with Gasteiger partial charge in [-0.15, -0.1) is 0 Å². The number of carbonyl (C=O) groups excluding carboxylic acids is 2. The number of aliphatic hydroxyl groups excluding tert-OH is 2. The smallest absolute Gasteiger partial charge is 0.306 e. The van der Waals surface area contributed by atoms with E-state index in [0.717, 1.165) is 83.5 Å². The first-order valence-corrected chi connectivity index (χ1v) is 24.7. The number of nitrogens with one attached hydrogen (secondary N) is 1. The highest BCUT2D eigenvalue weighted by molar-refractivity contribution is 5.77. The molecule has 0 saturated carbocycles. The van der Waals surface area contributed by atoms with Crippen LogP contribution in [0.2, 0.25) is 0 Å². The molecule has 0 rings (SSSR count). The normalized spacial score (nSPS) is 13.6. The fraction of sp³-hybridized carbons (Fsp3) is 0.843. The Labute approximate surface area is 353 Å². The Hall–Kier alpha value is -1.92. The number of amides is 1. The molecule has 6 heteroatoms. The minimum Gasteiger partial charge on any atom is -0.462 e. The van der Waals surface area contributed by atoms with Gasteiger partial charge in [0.05, 0.1) is 25.2 Å². The van der Waals surface area contributed by atoms with E-state index in [9.17, 15) is 19.8 Å². The standard InChI is InChI=1S/C51H95NO5/c1-4-7-10-13-16-19-22-24-25-26-27-29-31-34-37-40-43-49(54)48(46-53)52-50(55)45-47(42-39-36-33-30-28-23-20-17-14-11-8-5-2)57-51(56)44-41-38-35-32-21-18-15-12-9-6-3/h8,11-12,15,17,20,47-49,53-54H,4-7,9-10,13-14,16,18-19,21-46H2,1-3H3,(H,52,55)/b11-8+,15-12-,20-17+. The number of allylic oxidation sites excluding steroid dienone is 6. The number of unbranched alkanes of at least 4 members (excludes halogenated alkanes) is 26. The van der Waals surface area contributed by atoms with Crippen LogP contribution < -0.4 is 5.32 Å². The maximum Gasteiger partial charge on any atom is 0.306 e. The molecule has 0 aliphatic heterocycles. The Morgan fingerprint density at radius 1 is 0.526 bits per heavy atom. The quantitative estimate of drug-likeness (QED) is 0.0324. The highest BCUT2D eigenvalue weighted by atomic mass is 16.5. The van der Waals surface area contributed by atoms with Gasteiger partial charge in [0.25, 0.3) is 0 Å². The number of esters is 1. The molecule has 6 nitrogen and oxygen atoms in total. The van der Waals surface area contributed by atoms with E-state index in [4.69, 9.17) is 4.74 Å². The van der Waals surface area contributed by atoms with E-state index < -0.39 is 18.2 Å². The van der Waals surface area contributed by atoms with Gasteiger partial charge >= 0.3 is 5.97 Å². The van der Waals surface area contributed by atoms with E-state index in [0.29, 0.717) is 19.3 Å². The van der Waals surface area contributed by atoms with Gasteiger partial charge in [0.2, 0.25) is 5.91 Å². The minimum atomic E-state index is -0.790. The Morgan fingerprint density at radius 3 is 1.51 bits per heavy atom. The molecule has 3 atom stereocenters. The zero-order valence-corrected chi connectivity index (χ0v) is 38.0. The summed E-state index contributed by atoms with van der Waals surface area (Å²) in [6, 6.07) is -0.705. The van der Waals surface area contributed by atoms with Gasteiger partial charge in [-0.25, -0.2) is 0 Å². The number of carbonyl (C=O) groups is 2. The summed E-state index contributed by atoms with van der Waals surface area (Å²) >= 11 is 0. The van der Waals surface area contributed by atoms with Crippen LogP contribution in [-0.4, -0.2) is 46.9 Å². The number of aliphatic hydroxyl groups is 2. The first-order valence-electron chi connectivity index (χ1n) is 24.7. The molecule has 3 unspecified atom stereocenters. The maximum atomic E-state index is 13.2. The molecular weight excluding hydrogens is 707 g/mol. The molecule has 0 aromatic rings. The lowest BCUT2D eigenvalue weighted by Crippen LogP contribution is -2.46. The molecule has 0 bridgehead atoms. The molecule has 0 fully saturated rings. The Bertz CT molecular complexity index is 946. The molecule has 0 radical (unpaired) electrons. The highest BCUT2D eigenvalue weighted by Crippen LogP contribution is 2.18. The van der Waals surface area contributed by atoms with E-state index >= 15 is 0 Å². The van der Waals surface area contributed by atoms with Crippen LogP contribution in [0.25, 0.3) is 0 Å². The van der Waals surface area contributed by atoms with Gasteiger partial charge in [-0.1, -0.05) is 205 Å². The monoisotopic (exact) mass is 802 g/mol. The van der Waals surface area contributed by atoms with Crippen molar-refractivity contribution in [3.05, 3.63) is 36.5 Å². The fourth-order valence-corrected chi connectivity index (χ4v) is 7.47. The lowest BCUT2D eigenvalue weighted by atomic mass is 10.0. The molecule has 0 spiro atoms. The zero-order chi connectivity index (χ0) is 41.7. The third kappa shape index (κ3) is 40.6. The summed E-state index contributed by atoms with van der Waals surface area (Å²) in [7, 11) is 0. The van der Waals surface area contributed by atoms with E-state index in [1.54, 1.807) is 0 Å². The minimum absolute atomic E-state index is 0.0663. The second-order valence-corrected chi connectivity index (χ2v) is 16.8. The number of ether oxygens (including phenoxy) is 1. The second kappa shape index (κ2) is 45.2. The van der Waals surface area contributed by atoms with E-state index in [1.807, 2.05) is 0 Å². The van der Waals surface area contributed by atoms with Gasteiger partial charge in [0, 0.05) is 6.42 Å². The lowest BCUT2D eigenvalue weighted by molar-refractivity contribution is -0.151. The van der Waals surface area contributed by atoms with Gasteiger partial charge in [0.1, 0.15) is 6.10 Å². The summed E-state index contributed by atoms with van der Waals surface area (Å²) < 4.78 is 5.89. The van der Waals surface area contributed by atoms with Gasteiger partial charge in [0.15, 0.2) is 0 Å². The highest BCUT2D eigenvalue weighted by Gasteiger charge is 2.24. The Morgan fingerprint density at radius 2 is 0.982 bits per heavy atom. The number of hydrogen-bond donors (Lipinski definition) is 3. The van der Waals surface area contributed by atoms with Gasteiger partial charge < -0.3 is 20.3 Å². The van der Waals surface area contributed by atoms with Crippen molar-refractivity contribution >= 4 is 11.9 Å². The van der Waals surface area contributed by atoms with Crippen molar-refractivity contribution in [3.63, 3.8) is 0 Å². The number of hydrogen-bond acceptors (Lipinski definition) is 5. The summed E-state index contributed by atoms with van der Waals surface area (Å²) in [5.74, 6) is -0.496. The van der Waals surface area contributed by atoms with Crippen LogP contribution in [0.3, 0.4) is 0 Å². The molecule has 334 valence electrons. The van der Waals surface area contributed by atoms with Crippen molar-refractivity contribution < 1.29 is 24.5 Å². The van der Waals surface area contributed by atoms with Gasteiger partial charge in [-0.3, -0.25) is 9.59 Å². The maximum absolute atomic E-state index is 13.2. The summed E-state index contributed by atoms with van der Waals surface area (Å²) in [5, 5.41) is 23.7. The molecule has 0 heterocycles. The predicted molar refractivity (Wildman–Crippen MR) is 246 cm³/mol. The van der Waals surface area contributed by atoms with Crippen LogP contribution in [0.15, 0.2) is 36.5 Å². The van der Waals surface area contributed by atoms with Crippen LogP contribution in [0.1, 0.15) is 252 Å². The van der Waals surface area contributed by atoms with Crippen LogP contribution in [0.5, 0.6) is 0 Å². The van der Waals surface area contributed by atoms with Gasteiger partial charge in [-0.2, -0.15) is 0 Å². The molecule has 0 aromatic heterocycles. The summed E-state index contributed by atoms with van der Waals surface area (Å²) in [4.78, 5) is 26.0. The molecule has 57 heavy (non-hydrogen) atoms. The summed E-state index contributed by atoms with van der Waals surface area (Å²) in [5.41, 5.74) is 0.